The molecule has 0 rings (SSSR count). The highest BCUT2D eigenvalue weighted by Gasteiger charge is 2.13. The summed E-state index contributed by atoms with van der Waals surface area (Å²) in [5, 5.41) is 12.8. The number of ether oxygens (including phenoxy) is 1. The molecule has 0 aromatic carbocycles. The third-order valence-corrected chi connectivity index (χ3v) is 5.36. The highest BCUT2D eigenvalue weighted by atomic mass is 16.5. The molecule has 2 amide bonds. The maximum Gasteiger partial charge on any atom is 0.312 e. The molecule has 3 unspecified atom stereocenters. The molecule has 3 atom stereocenters. The molecule has 0 saturated carbocycles. The Balaban J connectivity index is -0.000000277. The molecule has 0 aromatic heterocycles. The van der Waals surface area contributed by atoms with Crippen molar-refractivity contribution < 1.29 is 29.0 Å². The lowest BCUT2D eigenvalue weighted by atomic mass is 10.1. The summed E-state index contributed by atoms with van der Waals surface area (Å²) in [4.78, 5) is 43.0. The van der Waals surface area contributed by atoms with Gasteiger partial charge in [0.1, 0.15) is 19.1 Å². The summed E-state index contributed by atoms with van der Waals surface area (Å²) < 4.78 is 4.12. The summed E-state index contributed by atoms with van der Waals surface area (Å²) in [6.45, 7) is 12.6. The molecule has 0 spiro atoms. The van der Waals surface area contributed by atoms with Crippen LogP contribution in [0, 0.1) is 0 Å². The monoisotopic (exact) mass is 547 g/mol. The molecule has 5 N–H and O–H groups in total. The third-order valence-electron chi connectivity index (χ3n) is 5.36. The summed E-state index contributed by atoms with van der Waals surface area (Å²) in [5.74, 6) is -0.829. The molecule has 228 valence electrons. The van der Waals surface area contributed by atoms with Crippen LogP contribution in [0.4, 0.5) is 0 Å². The fraction of sp³-hybridized carbons (Fsp3) is 0.862. The lowest BCUT2D eigenvalue weighted by molar-refractivity contribution is -0.141. The first kappa shape index (κ1) is 43.1. The molecular formula is C29H61N3O6. The number of aldehydes is 1. The largest absolute Gasteiger partial charge is 0.469 e. The second-order valence-corrected chi connectivity index (χ2v) is 9.53. The van der Waals surface area contributed by atoms with Crippen LogP contribution >= 0.6 is 0 Å². The SMILES string of the molecule is CCCCCC(C)N.CCCCCC(C)NC(=O)CC(=O)NC(C)CCCCC.CO.COC(=O)CC=O. The van der Waals surface area contributed by atoms with Gasteiger partial charge < -0.3 is 31.0 Å². The fourth-order valence-corrected chi connectivity index (χ4v) is 3.21. The number of nitrogens with one attached hydrogen (secondary N) is 2. The quantitative estimate of drug-likeness (QED) is 0.0832. The molecule has 0 bridgehead atoms. The van der Waals surface area contributed by atoms with Crippen LogP contribution in [0.5, 0.6) is 0 Å². The minimum absolute atomic E-state index is 0.0593. The number of carbonyl (C=O) groups excluding carboxylic acids is 4. The Morgan fingerprint density at radius 3 is 1.39 bits per heavy atom. The Morgan fingerprint density at radius 2 is 1.13 bits per heavy atom. The predicted molar refractivity (Wildman–Crippen MR) is 157 cm³/mol. The van der Waals surface area contributed by atoms with Crippen molar-refractivity contribution in [1.82, 2.24) is 10.6 Å². The Hall–Kier alpha value is -2.00. The highest BCUT2D eigenvalue weighted by molar-refractivity contribution is 5.97. The standard InChI is InChI=1S/C17H34N2O2.C7H17N.C4H6O3.CH4O/c1-5-7-9-11-14(3)18-16(20)13-17(21)19-15(4)12-10-8-6-2;1-3-4-5-6-7(2)8;1-7-4(6)2-3-5;1-2/h14-15H,5-13H2,1-4H3,(H,18,20)(H,19,21);7H,3-6,8H2,1-2H3;3H,2H2,1H3;2H,1H3. The van der Waals surface area contributed by atoms with Crippen molar-refractivity contribution in [2.24, 2.45) is 5.73 Å². The van der Waals surface area contributed by atoms with E-state index in [4.69, 9.17) is 10.8 Å². The van der Waals surface area contributed by atoms with Gasteiger partial charge >= 0.3 is 5.97 Å². The van der Waals surface area contributed by atoms with E-state index in [1.165, 1.54) is 58.5 Å². The van der Waals surface area contributed by atoms with Gasteiger partial charge in [-0.25, -0.2) is 0 Å². The minimum Gasteiger partial charge on any atom is -0.469 e. The van der Waals surface area contributed by atoms with Crippen molar-refractivity contribution in [2.45, 2.75) is 150 Å². The second-order valence-electron chi connectivity index (χ2n) is 9.53. The number of unbranched alkanes of at least 4 members (excludes halogenated alkanes) is 6. The van der Waals surface area contributed by atoms with E-state index in [1.807, 2.05) is 13.8 Å². The van der Waals surface area contributed by atoms with E-state index >= 15 is 0 Å². The first-order valence-corrected chi connectivity index (χ1v) is 14.4. The molecule has 38 heavy (non-hydrogen) atoms. The smallest absolute Gasteiger partial charge is 0.312 e. The maximum absolute atomic E-state index is 11.8. The molecule has 9 heteroatoms. The number of rotatable bonds is 18. The fourth-order valence-electron chi connectivity index (χ4n) is 3.21. The Morgan fingerprint density at radius 1 is 0.763 bits per heavy atom. The van der Waals surface area contributed by atoms with Gasteiger partial charge in [-0.2, -0.15) is 0 Å². The number of methoxy groups -OCH3 is 1. The molecule has 0 aromatic rings. The van der Waals surface area contributed by atoms with Crippen molar-refractivity contribution in [3.8, 4) is 0 Å². The number of amides is 2. The molecule has 0 aliphatic carbocycles. The Bertz CT molecular complexity index is 516. The average Bonchev–Trinajstić information content (AvgIpc) is 2.86. The van der Waals surface area contributed by atoms with Crippen LogP contribution in [-0.2, 0) is 23.9 Å². The van der Waals surface area contributed by atoms with Crippen LogP contribution in [0.1, 0.15) is 131 Å². The number of hydrogen-bond acceptors (Lipinski definition) is 7. The zero-order valence-corrected chi connectivity index (χ0v) is 25.8. The van der Waals surface area contributed by atoms with E-state index in [9.17, 15) is 19.2 Å². The van der Waals surface area contributed by atoms with Crippen LogP contribution in [0.25, 0.3) is 0 Å². The first-order valence-electron chi connectivity index (χ1n) is 14.4. The van der Waals surface area contributed by atoms with Crippen LogP contribution in [-0.4, -0.2) is 61.5 Å². The number of carbonyl (C=O) groups is 4. The number of hydrogen-bond donors (Lipinski definition) is 4. The van der Waals surface area contributed by atoms with E-state index < -0.39 is 5.97 Å². The van der Waals surface area contributed by atoms with Gasteiger partial charge in [0.05, 0.1) is 7.11 Å². The molecule has 0 heterocycles. The average molecular weight is 548 g/mol. The van der Waals surface area contributed by atoms with E-state index in [-0.39, 0.29) is 36.7 Å². The maximum atomic E-state index is 11.8. The molecule has 0 radical (unpaired) electrons. The summed E-state index contributed by atoms with van der Waals surface area (Å²) in [7, 11) is 2.24. The van der Waals surface area contributed by atoms with Crippen molar-refractivity contribution in [3.05, 3.63) is 0 Å². The van der Waals surface area contributed by atoms with Crippen LogP contribution in [0.3, 0.4) is 0 Å². The normalized spacial score (nSPS) is 11.9. The van der Waals surface area contributed by atoms with Gasteiger partial charge in [-0.3, -0.25) is 14.4 Å². The zero-order chi connectivity index (χ0) is 30.2. The molecular weight excluding hydrogens is 486 g/mol. The summed E-state index contributed by atoms with van der Waals surface area (Å²) >= 11 is 0. The zero-order valence-electron chi connectivity index (χ0n) is 25.8. The lowest BCUT2D eigenvalue weighted by Crippen LogP contribution is -2.39. The number of nitrogens with two attached hydrogens (primary N) is 1. The Kier molecular flexibility index (Phi) is 39.7. The number of aliphatic hydroxyl groups is 1. The van der Waals surface area contributed by atoms with E-state index in [2.05, 4.69) is 43.1 Å². The van der Waals surface area contributed by atoms with Crippen molar-refractivity contribution >= 4 is 24.1 Å². The van der Waals surface area contributed by atoms with Gasteiger partial charge in [-0.1, -0.05) is 78.6 Å². The van der Waals surface area contributed by atoms with Gasteiger partial charge in [-0.05, 0) is 40.0 Å². The van der Waals surface area contributed by atoms with Crippen molar-refractivity contribution in [2.75, 3.05) is 14.2 Å². The minimum atomic E-state index is -0.491. The lowest BCUT2D eigenvalue weighted by Gasteiger charge is -2.15. The van der Waals surface area contributed by atoms with Crippen molar-refractivity contribution in [3.63, 3.8) is 0 Å². The predicted octanol–water partition coefficient (Wildman–Crippen LogP) is 4.82. The van der Waals surface area contributed by atoms with Gasteiger partial charge in [0, 0.05) is 25.2 Å². The second kappa shape index (κ2) is 35.0. The molecule has 0 fully saturated rings. The summed E-state index contributed by atoms with van der Waals surface area (Å²) in [6, 6.07) is 0.708. The number of esters is 1. The van der Waals surface area contributed by atoms with E-state index in [0.717, 1.165) is 32.8 Å². The third kappa shape index (κ3) is 41.1. The molecule has 9 nitrogen and oxygen atoms in total. The van der Waals surface area contributed by atoms with Gasteiger partial charge in [0.25, 0.3) is 0 Å². The van der Waals surface area contributed by atoms with Gasteiger partial charge in [0.15, 0.2) is 0 Å². The van der Waals surface area contributed by atoms with Crippen LogP contribution < -0.4 is 16.4 Å². The van der Waals surface area contributed by atoms with E-state index in [1.54, 1.807) is 0 Å². The summed E-state index contributed by atoms with van der Waals surface area (Å²) in [5.41, 5.74) is 5.53. The van der Waals surface area contributed by atoms with Crippen molar-refractivity contribution in [1.29, 1.82) is 0 Å². The summed E-state index contributed by atoms with van der Waals surface area (Å²) in [6.07, 6.45) is 14.4. The first-order chi connectivity index (χ1) is 18.1. The van der Waals surface area contributed by atoms with E-state index in [0.29, 0.717) is 12.3 Å². The molecule has 0 aliphatic heterocycles. The van der Waals surface area contributed by atoms with Crippen LogP contribution in [0.2, 0.25) is 0 Å². The highest BCUT2D eigenvalue weighted by Crippen LogP contribution is 2.04. The number of aliphatic hydroxyl groups excluding tert-OH is 1. The Labute approximate surface area is 233 Å². The topological polar surface area (TPSA) is 148 Å². The van der Waals surface area contributed by atoms with Gasteiger partial charge in [0.2, 0.25) is 11.8 Å². The van der Waals surface area contributed by atoms with Crippen LogP contribution in [0.15, 0.2) is 0 Å². The van der Waals surface area contributed by atoms with Gasteiger partial charge in [-0.15, -0.1) is 0 Å². The molecule has 0 saturated heterocycles. The molecule has 0 aliphatic rings.